The largest absolute Gasteiger partial charge is 0.511 e. The lowest BCUT2D eigenvalue weighted by atomic mass is 9.85. The molecule has 1 saturated heterocycles. The molecule has 0 unspecified atom stereocenters. The Morgan fingerprint density at radius 1 is 1.13 bits per heavy atom. The van der Waals surface area contributed by atoms with Crippen molar-refractivity contribution in [2.45, 2.75) is 44.5 Å². The van der Waals surface area contributed by atoms with Crippen LogP contribution in [-0.4, -0.2) is 56.9 Å². The summed E-state index contributed by atoms with van der Waals surface area (Å²) in [5.41, 5.74) is -4.21. The maximum absolute atomic E-state index is 12.7. The van der Waals surface area contributed by atoms with Gasteiger partial charge < -0.3 is 10.6 Å². The van der Waals surface area contributed by atoms with Gasteiger partial charge in [-0.25, -0.2) is 8.42 Å². The van der Waals surface area contributed by atoms with Crippen LogP contribution >= 0.6 is 24.0 Å². The number of sulfonamides is 1. The average Bonchev–Trinajstić information content (AvgIpc) is 2.70. The summed E-state index contributed by atoms with van der Waals surface area (Å²) in [5.74, 6) is 0.725. The van der Waals surface area contributed by atoms with Crippen molar-refractivity contribution in [3.63, 3.8) is 0 Å². The van der Waals surface area contributed by atoms with Crippen molar-refractivity contribution >= 4 is 40.0 Å². The standard InChI is InChI=1S/C20H31F3N4O2S.HI/c1-4-24-18(26-15-19(2,3)17-8-6-5-7-9-17)25-14-16-10-12-27(13-11-16)30(28,29)20(21,22)23;/h5-9,16H,4,10-15H2,1-3H3,(H2,24,25,26);1H. The number of hydrogen-bond acceptors (Lipinski definition) is 3. The van der Waals surface area contributed by atoms with Crippen molar-refractivity contribution in [1.82, 2.24) is 14.9 Å². The molecule has 0 saturated carbocycles. The van der Waals surface area contributed by atoms with Gasteiger partial charge in [-0.1, -0.05) is 44.2 Å². The third-order valence-corrected chi connectivity index (χ3v) is 6.93. The molecule has 178 valence electrons. The Kier molecular flexibility index (Phi) is 10.5. The number of nitrogens with zero attached hydrogens (tertiary/aromatic N) is 2. The molecule has 1 fully saturated rings. The van der Waals surface area contributed by atoms with E-state index in [4.69, 9.17) is 0 Å². The molecule has 2 rings (SSSR count). The first kappa shape index (κ1) is 28.0. The van der Waals surface area contributed by atoms with Gasteiger partial charge in [-0.3, -0.25) is 4.99 Å². The van der Waals surface area contributed by atoms with Crippen molar-refractivity contribution in [3.05, 3.63) is 35.9 Å². The minimum Gasteiger partial charge on any atom is -0.357 e. The Morgan fingerprint density at radius 3 is 2.23 bits per heavy atom. The van der Waals surface area contributed by atoms with Gasteiger partial charge in [0.05, 0.1) is 6.54 Å². The predicted octanol–water partition coefficient (Wildman–Crippen LogP) is 3.70. The Balaban J connectivity index is 0.00000480. The van der Waals surface area contributed by atoms with E-state index in [1.165, 1.54) is 5.56 Å². The molecule has 1 heterocycles. The molecule has 0 radical (unpaired) electrons. The van der Waals surface area contributed by atoms with Gasteiger partial charge in [0.2, 0.25) is 0 Å². The number of alkyl halides is 3. The number of piperidine rings is 1. The van der Waals surface area contributed by atoms with Crippen LogP contribution in [0, 0.1) is 5.92 Å². The Morgan fingerprint density at radius 2 is 1.71 bits per heavy atom. The SMILES string of the molecule is CCNC(=NCC(C)(C)c1ccccc1)NCC1CCN(S(=O)(=O)C(F)(F)F)CC1.I. The van der Waals surface area contributed by atoms with E-state index in [1.54, 1.807) is 0 Å². The predicted molar refractivity (Wildman–Crippen MR) is 128 cm³/mol. The lowest BCUT2D eigenvalue weighted by Crippen LogP contribution is -2.47. The fourth-order valence-electron chi connectivity index (χ4n) is 3.34. The topological polar surface area (TPSA) is 73.8 Å². The summed E-state index contributed by atoms with van der Waals surface area (Å²) < 4.78 is 61.6. The quantitative estimate of drug-likeness (QED) is 0.295. The monoisotopic (exact) mass is 576 g/mol. The van der Waals surface area contributed by atoms with E-state index in [0.29, 0.717) is 42.7 Å². The normalized spacial score (nSPS) is 17.2. The van der Waals surface area contributed by atoms with Crippen LogP contribution in [0.4, 0.5) is 13.2 Å². The van der Waals surface area contributed by atoms with Gasteiger partial charge in [0.15, 0.2) is 5.96 Å². The second kappa shape index (κ2) is 11.7. The number of nitrogens with one attached hydrogen (secondary N) is 2. The second-order valence-electron chi connectivity index (χ2n) is 8.12. The van der Waals surface area contributed by atoms with Crippen LogP contribution in [0.25, 0.3) is 0 Å². The smallest absolute Gasteiger partial charge is 0.357 e. The summed E-state index contributed by atoms with van der Waals surface area (Å²) in [7, 11) is -5.24. The summed E-state index contributed by atoms with van der Waals surface area (Å²) in [6, 6.07) is 10.1. The van der Waals surface area contributed by atoms with Gasteiger partial charge in [-0.05, 0) is 31.2 Å². The van der Waals surface area contributed by atoms with E-state index in [2.05, 4.69) is 41.6 Å². The van der Waals surface area contributed by atoms with E-state index < -0.39 is 15.5 Å². The molecule has 1 aromatic rings. The molecule has 1 aromatic carbocycles. The maximum Gasteiger partial charge on any atom is 0.511 e. The molecular weight excluding hydrogens is 544 g/mol. The molecule has 6 nitrogen and oxygen atoms in total. The highest BCUT2D eigenvalue weighted by Crippen LogP contribution is 2.30. The summed E-state index contributed by atoms with van der Waals surface area (Å²) in [6.45, 7) is 7.72. The minimum absolute atomic E-state index is 0. The van der Waals surface area contributed by atoms with Gasteiger partial charge >= 0.3 is 15.5 Å². The first-order chi connectivity index (χ1) is 14.0. The maximum atomic E-state index is 12.7. The number of rotatable bonds is 7. The summed E-state index contributed by atoms with van der Waals surface area (Å²) in [6.07, 6.45) is 0.744. The van der Waals surface area contributed by atoms with Crippen molar-refractivity contribution in [2.24, 2.45) is 10.9 Å². The molecule has 2 N–H and O–H groups in total. The Hall–Kier alpha value is -1.08. The number of benzene rings is 1. The van der Waals surface area contributed by atoms with Crippen molar-refractivity contribution < 1.29 is 21.6 Å². The molecule has 0 aliphatic carbocycles. The lowest BCUT2D eigenvalue weighted by molar-refractivity contribution is -0.0496. The number of aliphatic imine (C=N–C) groups is 1. The highest BCUT2D eigenvalue weighted by molar-refractivity contribution is 14.0. The first-order valence-corrected chi connectivity index (χ1v) is 11.6. The van der Waals surface area contributed by atoms with Crippen LogP contribution in [0.5, 0.6) is 0 Å². The fourth-order valence-corrected chi connectivity index (χ4v) is 4.32. The third-order valence-electron chi connectivity index (χ3n) is 5.30. The molecule has 0 spiro atoms. The minimum atomic E-state index is -5.24. The van der Waals surface area contributed by atoms with Crippen LogP contribution in [-0.2, 0) is 15.4 Å². The van der Waals surface area contributed by atoms with Gasteiger partial charge in [0.25, 0.3) is 0 Å². The van der Waals surface area contributed by atoms with Crippen molar-refractivity contribution in [3.8, 4) is 0 Å². The second-order valence-corrected chi connectivity index (χ2v) is 10.0. The Labute approximate surface area is 200 Å². The summed E-state index contributed by atoms with van der Waals surface area (Å²) in [5, 5.41) is 6.43. The fraction of sp³-hybridized carbons (Fsp3) is 0.650. The molecule has 1 aliphatic rings. The molecule has 0 amide bonds. The van der Waals surface area contributed by atoms with E-state index in [1.807, 2.05) is 25.1 Å². The molecule has 0 aromatic heterocycles. The third kappa shape index (κ3) is 7.77. The number of hydrogen-bond donors (Lipinski definition) is 2. The highest BCUT2D eigenvalue weighted by Gasteiger charge is 2.50. The van der Waals surface area contributed by atoms with Crippen molar-refractivity contribution in [1.29, 1.82) is 0 Å². The highest BCUT2D eigenvalue weighted by atomic mass is 127. The molecule has 31 heavy (non-hydrogen) atoms. The first-order valence-electron chi connectivity index (χ1n) is 10.1. The zero-order valence-corrected chi connectivity index (χ0v) is 21.2. The molecule has 1 aliphatic heterocycles. The van der Waals surface area contributed by atoms with Gasteiger partial charge in [-0.2, -0.15) is 17.5 Å². The zero-order chi connectivity index (χ0) is 22.4. The summed E-state index contributed by atoms with van der Waals surface area (Å²) in [4.78, 5) is 4.67. The van der Waals surface area contributed by atoms with Crippen LogP contribution in [0.15, 0.2) is 35.3 Å². The van der Waals surface area contributed by atoms with Crippen LogP contribution < -0.4 is 10.6 Å². The Bertz CT molecular complexity index is 809. The number of halogens is 4. The lowest BCUT2D eigenvalue weighted by Gasteiger charge is -2.32. The molecular formula is C20H32F3IN4O2S. The van der Waals surface area contributed by atoms with Gasteiger partial charge in [0.1, 0.15) is 0 Å². The summed E-state index contributed by atoms with van der Waals surface area (Å²) >= 11 is 0. The number of guanidine groups is 1. The van der Waals surface area contributed by atoms with E-state index >= 15 is 0 Å². The van der Waals surface area contributed by atoms with Crippen LogP contribution in [0.1, 0.15) is 39.2 Å². The molecule has 11 heteroatoms. The van der Waals surface area contributed by atoms with E-state index in [9.17, 15) is 21.6 Å². The van der Waals surface area contributed by atoms with Gasteiger partial charge in [0, 0.05) is 31.6 Å². The molecule has 0 bridgehead atoms. The van der Waals surface area contributed by atoms with E-state index in [-0.39, 0.29) is 48.4 Å². The average molecular weight is 576 g/mol. The zero-order valence-electron chi connectivity index (χ0n) is 18.1. The molecule has 0 atom stereocenters. The van der Waals surface area contributed by atoms with Crippen LogP contribution in [0.3, 0.4) is 0 Å². The van der Waals surface area contributed by atoms with E-state index in [0.717, 1.165) is 0 Å². The van der Waals surface area contributed by atoms with Crippen LogP contribution in [0.2, 0.25) is 0 Å². The van der Waals surface area contributed by atoms with Crippen molar-refractivity contribution in [2.75, 3.05) is 32.7 Å². The van der Waals surface area contributed by atoms with Gasteiger partial charge in [-0.15, -0.1) is 24.0 Å².